The van der Waals surface area contributed by atoms with E-state index in [1.54, 1.807) is 4.90 Å². The van der Waals surface area contributed by atoms with E-state index in [-0.39, 0.29) is 18.4 Å². The van der Waals surface area contributed by atoms with Crippen molar-refractivity contribution in [3.63, 3.8) is 0 Å². The van der Waals surface area contributed by atoms with Gasteiger partial charge in [-0.15, -0.1) is 0 Å². The summed E-state index contributed by atoms with van der Waals surface area (Å²) in [4.78, 5) is 24.8. The molecule has 2 fully saturated rings. The molecular weight excluding hydrogens is 254 g/mol. The summed E-state index contributed by atoms with van der Waals surface area (Å²) in [7, 11) is 0. The molecule has 0 spiro atoms. The molecule has 114 valence electrons. The summed E-state index contributed by atoms with van der Waals surface area (Å²) in [6.45, 7) is 2.43. The van der Waals surface area contributed by atoms with Gasteiger partial charge in [0.2, 0.25) is 11.8 Å². The third-order valence-electron chi connectivity index (χ3n) is 4.24. The van der Waals surface area contributed by atoms with Crippen molar-refractivity contribution in [2.75, 3.05) is 26.2 Å². The van der Waals surface area contributed by atoms with Crippen molar-refractivity contribution in [2.24, 2.45) is 0 Å². The fourth-order valence-corrected chi connectivity index (χ4v) is 3.06. The molecule has 2 amide bonds. The summed E-state index contributed by atoms with van der Waals surface area (Å²) < 4.78 is 0. The number of rotatable bonds is 6. The van der Waals surface area contributed by atoms with Crippen LogP contribution in [0.2, 0.25) is 0 Å². The summed E-state index contributed by atoms with van der Waals surface area (Å²) in [5, 5.41) is 6.41. The van der Waals surface area contributed by atoms with E-state index in [4.69, 9.17) is 0 Å². The number of likely N-dealkylation sites (tertiary alicyclic amines) is 1. The van der Waals surface area contributed by atoms with E-state index in [2.05, 4.69) is 10.6 Å². The lowest BCUT2D eigenvalue weighted by Gasteiger charge is -2.17. The van der Waals surface area contributed by atoms with Crippen molar-refractivity contribution < 1.29 is 9.59 Å². The largest absolute Gasteiger partial charge is 0.353 e. The Bertz CT molecular complexity index is 325. The van der Waals surface area contributed by atoms with Gasteiger partial charge < -0.3 is 15.5 Å². The molecule has 2 aliphatic rings. The molecule has 0 aromatic heterocycles. The standard InChI is InChI=1S/C15H27N3O2/c19-14(12-18-11-5-8-15(18)20)17-10-9-16-13-6-3-1-2-4-7-13/h13,16H,1-12H2,(H,17,19). The summed E-state index contributed by atoms with van der Waals surface area (Å²) in [6, 6.07) is 0.620. The van der Waals surface area contributed by atoms with E-state index < -0.39 is 0 Å². The number of amides is 2. The minimum absolute atomic E-state index is 0.0390. The molecule has 0 radical (unpaired) electrons. The predicted octanol–water partition coefficient (Wildman–Crippen LogP) is 1.04. The van der Waals surface area contributed by atoms with Crippen molar-refractivity contribution in [1.82, 2.24) is 15.5 Å². The molecule has 0 atom stereocenters. The van der Waals surface area contributed by atoms with Crippen molar-refractivity contribution >= 4 is 11.8 Å². The van der Waals surface area contributed by atoms with E-state index in [1.807, 2.05) is 0 Å². The van der Waals surface area contributed by atoms with Gasteiger partial charge in [0, 0.05) is 32.1 Å². The van der Waals surface area contributed by atoms with Gasteiger partial charge in [0.1, 0.15) is 0 Å². The molecule has 0 bridgehead atoms. The monoisotopic (exact) mass is 281 g/mol. The molecule has 1 heterocycles. The van der Waals surface area contributed by atoms with Crippen LogP contribution in [0.4, 0.5) is 0 Å². The lowest BCUT2D eigenvalue weighted by Crippen LogP contribution is -2.41. The van der Waals surface area contributed by atoms with Gasteiger partial charge in [-0.1, -0.05) is 25.7 Å². The maximum absolute atomic E-state index is 11.7. The first kappa shape index (κ1) is 15.3. The van der Waals surface area contributed by atoms with Crippen LogP contribution < -0.4 is 10.6 Å². The molecule has 0 unspecified atom stereocenters. The molecule has 5 nitrogen and oxygen atoms in total. The molecule has 2 N–H and O–H groups in total. The van der Waals surface area contributed by atoms with Gasteiger partial charge in [0.15, 0.2) is 0 Å². The summed E-state index contributed by atoms with van der Waals surface area (Å²) >= 11 is 0. The number of carbonyl (C=O) groups is 2. The maximum atomic E-state index is 11.7. The second kappa shape index (κ2) is 8.25. The highest BCUT2D eigenvalue weighted by molar-refractivity contribution is 5.85. The Morgan fingerprint density at radius 1 is 1.10 bits per heavy atom. The zero-order chi connectivity index (χ0) is 14.2. The smallest absolute Gasteiger partial charge is 0.239 e. The van der Waals surface area contributed by atoms with Crippen LogP contribution >= 0.6 is 0 Å². The Morgan fingerprint density at radius 3 is 2.50 bits per heavy atom. The SMILES string of the molecule is O=C(CN1CCCC1=O)NCCNC1CCCCCC1. The number of hydrogen-bond donors (Lipinski definition) is 2. The molecule has 2 rings (SSSR count). The molecular formula is C15H27N3O2. The Morgan fingerprint density at radius 2 is 1.85 bits per heavy atom. The molecule has 1 aliphatic carbocycles. The van der Waals surface area contributed by atoms with Crippen LogP contribution in [-0.4, -0.2) is 48.9 Å². The second-order valence-corrected chi connectivity index (χ2v) is 5.91. The molecule has 0 aromatic carbocycles. The predicted molar refractivity (Wildman–Crippen MR) is 78.3 cm³/mol. The highest BCUT2D eigenvalue weighted by atomic mass is 16.2. The lowest BCUT2D eigenvalue weighted by atomic mass is 10.1. The topological polar surface area (TPSA) is 61.4 Å². The summed E-state index contributed by atoms with van der Waals surface area (Å²) in [6.07, 6.45) is 9.36. The van der Waals surface area contributed by atoms with E-state index in [9.17, 15) is 9.59 Å². The van der Waals surface area contributed by atoms with Gasteiger partial charge in [-0.05, 0) is 19.3 Å². The molecule has 0 aromatic rings. The minimum Gasteiger partial charge on any atom is -0.353 e. The van der Waals surface area contributed by atoms with Crippen LogP contribution in [0.25, 0.3) is 0 Å². The summed E-state index contributed by atoms with van der Waals surface area (Å²) in [5.74, 6) is 0.0691. The van der Waals surface area contributed by atoms with Gasteiger partial charge >= 0.3 is 0 Å². The van der Waals surface area contributed by atoms with Gasteiger partial charge in [-0.2, -0.15) is 0 Å². The maximum Gasteiger partial charge on any atom is 0.239 e. The molecule has 20 heavy (non-hydrogen) atoms. The number of hydrogen-bond acceptors (Lipinski definition) is 3. The van der Waals surface area contributed by atoms with Crippen molar-refractivity contribution in [2.45, 2.75) is 57.4 Å². The zero-order valence-electron chi connectivity index (χ0n) is 12.3. The number of nitrogens with zero attached hydrogens (tertiary/aromatic N) is 1. The third-order valence-corrected chi connectivity index (χ3v) is 4.24. The normalized spacial score (nSPS) is 21.0. The second-order valence-electron chi connectivity index (χ2n) is 5.91. The van der Waals surface area contributed by atoms with E-state index in [0.717, 1.165) is 19.5 Å². The first-order valence-corrected chi connectivity index (χ1v) is 8.03. The number of nitrogens with one attached hydrogen (secondary N) is 2. The Kier molecular flexibility index (Phi) is 6.30. The van der Waals surface area contributed by atoms with Crippen LogP contribution in [0.3, 0.4) is 0 Å². The molecule has 1 saturated carbocycles. The van der Waals surface area contributed by atoms with E-state index in [1.165, 1.54) is 38.5 Å². The fraction of sp³-hybridized carbons (Fsp3) is 0.867. The van der Waals surface area contributed by atoms with Crippen molar-refractivity contribution in [3.8, 4) is 0 Å². The first-order valence-electron chi connectivity index (χ1n) is 8.03. The van der Waals surface area contributed by atoms with Gasteiger partial charge in [0.25, 0.3) is 0 Å². The first-order chi connectivity index (χ1) is 9.75. The summed E-state index contributed by atoms with van der Waals surface area (Å²) in [5.41, 5.74) is 0. The zero-order valence-corrected chi connectivity index (χ0v) is 12.3. The Balaban J connectivity index is 1.53. The lowest BCUT2D eigenvalue weighted by molar-refractivity contribution is -0.133. The van der Waals surface area contributed by atoms with E-state index >= 15 is 0 Å². The van der Waals surface area contributed by atoms with Crippen LogP contribution in [0.5, 0.6) is 0 Å². The molecule has 1 aliphatic heterocycles. The quantitative estimate of drug-likeness (QED) is 0.565. The fourth-order valence-electron chi connectivity index (χ4n) is 3.06. The number of carbonyl (C=O) groups excluding carboxylic acids is 2. The van der Waals surface area contributed by atoms with Crippen LogP contribution in [0.1, 0.15) is 51.4 Å². The minimum atomic E-state index is -0.0390. The average molecular weight is 281 g/mol. The van der Waals surface area contributed by atoms with Crippen molar-refractivity contribution in [3.05, 3.63) is 0 Å². The van der Waals surface area contributed by atoms with Crippen LogP contribution in [0.15, 0.2) is 0 Å². The van der Waals surface area contributed by atoms with Crippen LogP contribution in [-0.2, 0) is 9.59 Å². The van der Waals surface area contributed by atoms with Gasteiger partial charge in [-0.25, -0.2) is 0 Å². The Labute approximate surface area is 121 Å². The van der Waals surface area contributed by atoms with Crippen molar-refractivity contribution in [1.29, 1.82) is 0 Å². The Hall–Kier alpha value is -1.10. The molecule has 1 saturated heterocycles. The molecule has 5 heteroatoms. The highest BCUT2D eigenvalue weighted by Gasteiger charge is 2.22. The van der Waals surface area contributed by atoms with Crippen LogP contribution in [0, 0.1) is 0 Å². The van der Waals surface area contributed by atoms with Gasteiger partial charge in [0.05, 0.1) is 6.54 Å². The third kappa shape index (κ3) is 5.12. The van der Waals surface area contributed by atoms with E-state index in [0.29, 0.717) is 19.0 Å². The van der Waals surface area contributed by atoms with Gasteiger partial charge in [-0.3, -0.25) is 9.59 Å². The highest BCUT2D eigenvalue weighted by Crippen LogP contribution is 2.16. The average Bonchev–Trinajstić information content (AvgIpc) is 2.68.